The van der Waals surface area contributed by atoms with Gasteiger partial charge in [0.25, 0.3) is 5.91 Å². The van der Waals surface area contributed by atoms with E-state index in [1.165, 1.54) is 0 Å². The number of benzene rings is 3. The van der Waals surface area contributed by atoms with E-state index in [2.05, 4.69) is 22.5 Å². The summed E-state index contributed by atoms with van der Waals surface area (Å²) in [5.74, 6) is 0.315. The number of carbonyl (C=O) groups excluding carboxylic acids is 2. The Morgan fingerprint density at radius 2 is 1.65 bits per heavy atom. The number of hydrogen-bond acceptors (Lipinski definition) is 4. The third-order valence-electron chi connectivity index (χ3n) is 4.36. The fourth-order valence-corrected chi connectivity index (χ4v) is 2.87. The molecule has 0 spiro atoms. The van der Waals surface area contributed by atoms with Crippen LogP contribution in [0.15, 0.2) is 85.5 Å². The molecule has 0 heterocycles. The Labute approximate surface area is 181 Å². The van der Waals surface area contributed by atoms with Gasteiger partial charge >= 0.3 is 0 Å². The Balaban J connectivity index is 1.49. The molecule has 3 aromatic carbocycles. The third-order valence-corrected chi connectivity index (χ3v) is 4.36. The fourth-order valence-electron chi connectivity index (χ4n) is 2.87. The van der Waals surface area contributed by atoms with E-state index in [-0.39, 0.29) is 18.4 Å². The van der Waals surface area contributed by atoms with Crippen LogP contribution in [0, 0.1) is 6.92 Å². The third kappa shape index (κ3) is 6.75. The van der Waals surface area contributed by atoms with E-state index in [0.29, 0.717) is 29.3 Å². The molecule has 158 valence electrons. The maximum atomic E-state index is 12.3. The van der Waals surface area contributed by atoms with Crippen molar-refractivity contribution >= 4 is 28.9 Å². The van der Waals surface area contributed by atoms with E-state index < -0.39 is 0 Å². The average molecular weight is 415 g/mol. The Morgan fingerprint density at radius 1 is 0.903 bits per heavy atom. The summed E-state index contributed by atoms with van der Waals surface area (Å²) < 4.78 is 5.46. The lowest BCUT2D eigenvalue weighted by molar-refractivity contribution is -0.114. The molecule has 0 atom stereocenters. The van der Waals surface area contributed by atoms with Crippen LogP contribution in [0.3, 0.4) is 0 Å². The van der Waals surface area contributed by atoms with Gasteiger partial charge in [-0.25, -0.2) is 0 Å². The monoisotopic (exact) mass is 415 g/mol. The van der Waals surface area contributed by atoms with Crippen molar-refractivity contribution in [2.24, 2.45) is 0 Å². The van der Waals surface area contributed by atoms with Crippen LogP contribution in [-0.4, -0.2) is 25.0 Å². The molecule has 3 N–H and O–H groups in total. The molecule has 0 radical (unpaired) electrons. The number of hydrogen-bond donors (Lipinski definition) is 3. The maximum absolute atomic E-state index is 12.3. The molecule has 3 rings (SSSR count). The number of carbonyl (C=O) groups is 2. The van der Waals surface area contributed by atoms with Crippen molar-refractivity contribution in [3.05, 3.63) is 96.6 Å². The summed E-state index contributed by atoms with van der Waals surface area (Å²) >= 11 is 0. The highest BCUT2D eigenvalue weighted by atomic mass is 16.5. The van der Waals surface area contributed by atoms with Gasteiger partial charge in [0.1, 0.15) is 12.4 Å². The summed E-state index contributed by atoms with van der Waals surface area (Å²) in [5.41, 5.74) is 3.74. The van der Waals surface area contributed by atoms with Gasteiger partial charge in [-0.1, -0.05) is 36.4 Å². The summed E-state index contributed by atoms with van der Waals surface area (Å²) in [6.45, 7) is 6.06. The summed E-state index contributed by atoms with van der Waals surface area (Å²) in [4.78, 5) is 24.5. The first-order valence-electron chi connectivity index (χ1n) is 9.89. The van der Waals surface area contributed by atoms with Crippen molar-refractivity contribution in [2.45, 2.75) is 6.92 Å². The molecule has 0 unspecified atom stereocenters. The van der Waals surface area contributed by atoms with Gasteiger partial charge in [0.2, 0.25) is 5.91 Å². The zero-order valence-electron chi connectivity index (χ0n) is 17.4. The van der Waals surface area contributed by atoms with Gasteiger partial charge in [-0.05, 0) is 55.5 Å². The highest BCUT2D eigenvalue weighted by Crippen LogP contribution is 2.18. The van der Waals surface area contributed by atoms with E-state index in [1.54, 1.807) is 36.4 Å². The Bertz CT molecular complexity index is 1060. The van der Waals surface area contributed by atoms with Crippen LogP contribution in [0.2, 0.25) is 0 Å². The van der Waals surface area contributed by atoms with E-state index >= 15 is 0 Å². The van der Waals surface area contributed by atoms with Crippen LogP contribution >= 0.6 is 0 Å². The Kier molecular flexibility index (Phi) is 7.43. The predicted molar refractivity (Wildman–Crippen MR) is 125 cm³/mol. The van der Waals surface area contributed by atoms with Crippen molar-refractivity contribution in [1.82, 2.24) is 0 Å². The molecular formula is C25H25N3O3. The molecule has 0 saturated carbocycles. The number of amides is 2. The second kappa shape index (κ2) is 10.6. The van der Waals surface area contributed by atoms with Gasteiger partial charge in [-0.2, -0.15) is 0 Å². The van der Waals surface area contributed by atoms with Gasteiger partial charge < -0.3 is 20.7 Å². The first-order valence-corrected chi connectivity index (χ1v) is 9.89. The lowest BCUT2D eigenvalue weighted by Gasteiger charge is -2.10. The average Bonchev–Trinajstić information content (AvgIpc) is 2.77. The first kappa shape index (κ1) is 21.6. The summed E-state index contributed by atoms with van der Waals surface area (Å²) in [6, 6.07) is 21.8. The summed E-state index contributed by atoms with van der Waals surface area (Å²) in [7, 11) is 0. The molecule has 6 nitrogen and oxygen atoms in total. The van der Waals surface area contributed by atoms with Crippen LogP contribution in [0.4, 0.5) is 17.1 Å². The highest BCUT2D eigenvalue weighted by Gasteiger charge is 2.07. The van der Waals surface area contributed by atoms with Crippen molar-refractivity contribution in [3.8, 4) is 5.75 Å². The topological polar surface area (TPSA) is 79.5 Å². The van der Waals surface area contributed by atoms with Crippen molar-refractivity contribution < 1.29 is 14.3 Å². The van der Waals surface area contributed by atoms with E-state index in [1.807, 2.05) is 49.4 Å². The zero-order chi connectivity index (χ0) is 22.1. The number of anilines is 3. The first-order chi connectivity index (χ1) is 15.0. The van der Waals surface area contributed by atoms with Crippen molar-refractivity contribution in [1.29, 1.82) is 0 Å². The maximum Gasteiger partial charge on any atom is 0.255 e. The normalized spacial score (nSPS) is 10.1. The second-order valence-electron chi connectivity index (χ2n) is 6.93. The molecule has 0 aromatic heterocycles. The number of aryl methyl sites for hydroxylation is 1. The summed E-state index contributed by atoms with van der Waals surface area (Å²) in [6.07, 6.45) is 1.66. The molecule has 31 heavy (non-hydrogen) atoms. The van der Waals surface area contributed by atoms with Crippen LogP contribution in [0.25, 0.3) is 0 Å². The van der Waals surface area contributed by atoms with Gasteiger partial charge in [0, 0.05) is 28.7 Å². The lowest BCUT2D eigenvalue weighted by Crippen LogP contribution is -2.21. The molecule has 2 amide bonds. The second-order valence-corrected chi connectivity index (χ2v) is 6.93. The van der Waals surface area contributed by atoms with Crippen molar-refractivity contribution in [3.63, 3.8) is 0 Å². The molecular weight excluding hydrogens is 390 g/mol. The minimum Gasteiger partial charge on any atom is -0.489 e. The number of nitrogens with one attached hydrogen (secondary N) is 3. The molecule has 3 aromatic rings. The standard InChI is InChI=1S/C25H25N3O3/c1-3-14-31-23-9-5-8-22(16-23)27-24(29)17-26-20-10-12-21(13-11-20)28-25(30)19-7-4-6-18(2)15-19/h3-13,15-16,26H,1,14,17H2,2H3,(H,27,29)(H,28,30). The number of rotatable bonds is 9. The minimum absolute atomic E-state index is 0.104. The molecule has 0 bridgehead atoms. The van der Waals surface area contributed by atoms with Gasteiger partial charge in [0.05, 0.1) is 6.54 Å². The van der Waals surface area contributed by atoms with Crippen LogP contribution in [0.5, 0.6) is 5.75 Å². The molecule has 0 saturated heterocycles. The van der Waals surface area contributed by atoms with Gasteiger partial charge in [0.15, 0.2) is 0 Å². The summed E-state index contributed by atoms with van der Waals surface area (Å²) in [5, 5.41) is 8.75. The van der Waals surface area contributed by atoms with Gasteiger partial charge in [-0.15, -0.1) is 0 Å². The SMILES string of the molecule is C=CCOc1cccc(NC(=O)CNc2ccc(NC(=O)c3cccc(C)c3)cc2)c1. The predicted octanol–water partition coefficient (Wildman–Crippen LogP) is 4.86. The van der Waals surface area contributed by atoms with Crippen LogP contribution < -0.4 is 20.7 Å². The van der Waals surface area contributed by atoms with E-state index in [0.717, 1.165) is 11.3 Å². The van der Waals surface area contributed by atoms with Crippen LogP contribution in [0.1, 0.15) is 15.9 Å². The fraction of sp³-hybridized carbons (Fsp3) is 0.120. The molecule has 0 aliphatic carbocycles. The zero-order valence-corrected chi connectivity index (χ0v) is 17.4. The number of ether oxygens (including phenoxy) is 1. The Hall–Kier alpha value is -4.06. The van der Waals surface area contributed by atoms with E-state index in [4.69, 9.17) is 4.74 Å². The van der Waals surface area contributed by atoms with E-state index in [9.17, 15) is 9.59 Å². The lowest BCUT2D eigenvalue weighted by atomic mass is 10.1. The molecule has 0 aliphatic rings. The largest absolute Gasteiger partial charge is 0.489 e. The molecule has 0 fully saturated rings. The highest BCUT2D eigenvalue weighted by molar-refractivity contribution is 6.04. The minimum atomic E-state index is -0.183. The smallest absolute Gasteiger partial charge is 0.255 e. The Morgan fingerprint density at radius 3 is 2.39 bits per heavy atom. The quantitative estimate of drug-likeness (QED) is 0.436. The van der Waals surface area contributed by atoms with Crippen molar-refractivity contribution in [2.75, 3.05) is 29.1 Å². The molecule has 0 aliphatic heterocycles. The van der Waals surface area contributed by atoms with Gasteiger partial charge in [-0.3, -0.25) is 9.59 Å². The molecule has 6 heteroatoms. The van der Waals surface area contributed by atoms with Crippen LogP contribution in [-0.2, 0) is 4.79 Å².